The van der Waals surface area contributed by atoms with Crippen LogP contribution in [0, 0.1) is 0 Å². The van der Waals surface area contributed by atoms with Gasteiger partial charge in [0.2, 0.25) is 0 Å². The number of hydrogen-bond acceptors (Lipinski definition) is 3. The topological polar surface area (TPSA) is 41.5 Å². The van der Waals surface area contributed by atoms with E-state index in [1.807, 2.05) is 38.2 Å². The third-order valence-corrected chi connectivity index (χ3v) is 2.24. The van der Waals surface area contributed by atoms with Crippen LogP contribution in [-0.2, 0) is 6.54 Å². The molecule has 0 aliphatic heterocycles. The molecule has 0 heterocycles. The Balaban J connectivity index is 2.58. The molecule has 0 aliphatic carbocycles. The lowest BCUT2D eigenvalue weighted by Crippen LogP contribution is -2.17. The average molecular weight is 209 g/mol. The van der Waals surface area contributed by atoms with Crippen molar-refractivity contribution in [1.82, 2.24) is 5.32 Å². The molecule has 0 aromatic heterocycles. The smallest absolute Gasteiger partial charge is 0.123 e. The fourth-order valence-electron chi connectivity index (χ4n) is 1.28. The van der Waals surface area contributed by atoms with Crippen molar-refractivity contribution < 1.29 is 9.84 Å². The minimum atomic E-state index is -0.382. The van der Waals surface area contributed by atoms with Crippen LogP contribution in [0.15, 0.2) is 24.3 Å². The Morgan fingerprint density at radius 2 is 2.13 bits per heavy atom. The highest BCUT2D eigenvalue weighted by molar-refractivity contribution is 5.33. The lowest BCUT2D eigenvalue weighted by Gasteiger charge is -2.13. The molecule has 0 bridgehead atoms. The molecule has 2 N–H and O–H groups in total. The molecule has 1 unspecified atom stereocenters. The maximum atomic E-state index is 9.40. The number of para-hydroxylation sites is 1. The van der Waals surface area contributed by atoms with Crippen molar-refractivity contribution in [3.05, 3.63) is 29.8 Å². The van der Waals surface area contributed by atoms with Crippen molar-refractivity contribution >= 4 is 0 Å². The molecule has 1 rings (SSSR count). The van der Waals surface area contributed by atoms with Gasteiger partial charge in [-0.15, -0.1) is 0 Å². The zero-order valence-corrected chi connectivity index (χ0v) is 9.36. The van der Waals surface area contributed by atoms with Crippen LogP contribution in [0.4, 0.5) is 0 Å². The summed E-state index contributed by atoms with van der Waals surface area (Å²) in [6.45, 7) is 3.07. The highest BCUT2D eigenvalue weighted by atomic mass is 16.5. The van der Waals surface area contributed by atoms with Crippen molar-refractivity contribution in [2.24, 2.45) is 0 Å². The molecule has 3 nitrogen and oxygen atoms in total. The van der Waals surface area contributed by atoms with E-state index in [1.54, 1.807) is 0 Å². The first-order valence-electron chi connectivity index (χ1n) is 5.31. The molecule has 1 aromatic rings. The van der Waals surface area contributed by atoms with Crippen LogP contribution >= 0.6 is 0 Å². The van der Waals surface area contributed by atoms with Gasteiger partial charge in [0.1, 0.15) is 12.4 Å². The van der Waals surface area contributed by atoms with Crippen molar-refractivity contribution in [2.75, 3.05) is 13.7 Å². The van der Waals surface area contributed by atoms with Gasteiger partial charge < -0.3 is 15.2 Å². The van der Waals surface area contributed by atoms with E-state index >= 15 is 0 Å². The first-order valence-corrected chi connectivity index (χ1v) is 5.31. The van der Waals surface area contributed by atoms with Gasteiger partial charge in [-0.3, -0.25) is 0 Å². The molecule has 0 saturated heterocycles. The summed E-state index contributed by atoms with van der Waals surface area (Å²) >= 11 is 0. The molecule has 0 spiro atoms. The van der Waals surface area contributed by atoms with E-state index in [-0.39, 0.29) is 6.10 Å². The largest absolute Gasteiger partial charge is 0.491 e. The molecule has 1 aromatic carbocycles. The first kappa shape index (κ1) is 12.0. The molecular weight excluding hydrogens is 190 g/mol. The van der Waals surface area contributed by atoms with Gasteiger partial charge in [0.25, 0.3) is 0 Å². The van der Waals surface area contributed by atoms with Crippen molar-refractivity contribution in [3.63, 3.8) is 0 Å². The van der Waals surface area contributed by atoms with E-state index < -0.39 is 0 Å². The summed E-state index contributed by atoms with van der Waals surface area (Å²) < 4.78 is 5.55. The molecule has 0 amide bonds. The van der Waals surface area contributed by atoms with E-state index in [0.29, 0.717) is 13.0 Å². The van der Waals surface area contributed by atoms with E-state index in [2.05, 4.69) is 5.32 Å². The van der Waals surface area contributed by atoms with Crippen LogP contribution in [-0.4, -0.2) is 24.9 Å². The summed E-state index contributed by atoms with van der Waals surface area (Å²) in [7, 11) is 1.90. The van der Waals surface area contributed by atoms with Gasteiger partial charge in [0.05, 0.1) is 6.10 Å². The van der Waals surface area contributed by atoms with Crippen molar-refractivity contribution in [1.29, 1.82) is 0 Å². The van der Waals surface area contributed by atoms with Gasteiger partial charge in [0, 0.05) is 12.1 Å². The highest BCUT2D eigenvalue weighted by Gasteiger charge is 2.05. The quantitative estimate of drug-likeness (QED) is 0.747. The summed E-state index contributed by atoms with van der Waals surface area (Å²) in [5.41, 5.74) is 1.11. The third kappa shape index (κ3) is 3.90. The number of aliphatic hydroxyl groups is 1. The molecule has 0 fully saturated rings. The zero-order valence-electron chi connectivity index (χ0n) is 9.36. The predicted molar refractivity (Wildman–Crippen MR) is 61.0 cm³/mol. The van der Waals surface area contributed by atoms with E-state index in [0.717, 1.165) is 17.9 Å². The molecule has 84 valence electrons. The van der Waals surface area contributed by atoms with Gasteiger partial charge in [-0.1, -0.05) is 25.1 Å². The summed E-state index contributed by atoms with van der Waals surface area (Å²) in [6, 6.07) is 7.86. The number of nitrogens with one attached hydrogen (secondary N) is 1. The Morgan fingerprint density at radius 1 is 1.40 bits per heavy atom. The number of hydrogen-bond donors (Lipinski definition) is 2. The Kier molecular flexibility index (Phi) is 5.15. The first-order chi connectivity index (χ1) is 7.27. The fraction of sp³-hybridized carbons (Fsp3) is 0.500. The van der Waals surface area contributed by atoms with Gasteiger partial charge in [-0.2, -0.15) is 0 Å². The minimum Gasteiger partial charge on any atom is -0.491 e. The standard InChI is InChI=1S/C12H19NO2/c1-3-11(14)9-15-12-7-5-4-6-10(12)8-13-2/h4-7,11,13-14H,3,8-9H2,1-2H3. The molecule has 1 atom stereocenters. The van der Waals surface area contributed by atoms with Gasteiger partial charge in [0.15, 0.2) is 0 Å². The minimum absolute atomic E-state index is 0.358. The van der Waals surface area contributed by atoms with Gasteiger partial charge in [-0.05, 0) is 19.5 Å². The maximum Gasteiger partial charge on any atom is 0.123 e. The summed E-state index contributed by atoms with van der Waals surface area (Å²) in [5.74, 6) is 0.847. The maximum absolute atomic E-state index is 9.40. The molecular formula is C12H19NO2. The molecule has 3 heteroatoms. The lowest BCUT2D eigenvalue weighted by atomic mass is 10.2. The Bertz CT molecular complexity index is 289. The number of benzene rings is 1. The number of aliphatic hydroxyl groups excluding tert-OH is 1. The molecule has 0 saturated carbocycles. The normalized spacial score (nSPS) is 12.5. The van der Waals surface area contributed by atoms with Gasteiger partial charge >= 0.3 is 0 Å². The fourth-order valence-corrected chi connectivity index (χ4v) is 1.28. The van der Waals surface area contributed by atoms with Gasteiger partial charge in [-0.25, -0.2) is 0 Å². The predicted octanol–water partition coefficient (Wildman–Crippen LogP) is 1.56. The SMILES string of the molecule is CCC(O)COc1ccccc1CNC. The Labute approximate surface area is 91.1 Å². The second-order valence-corrected chi connectivity index (χ2v) is 3.51. The summed E-state index contributed by atoms with van der Waals surface area (Å²) in [4.78, 5) is 0. The summed E-state index contributed by atoms with van der Waals surface area (Å²) in [5, 5.41) is 12.5. The highest BCUT2D eigenvalue weighted by Crippen LogP contribution is 2.17. The average Bonchev–Trinajstić information content (AvgIpc) is 2.28. The second kappa shape index (κ2) is 6.43. The number of rotatable bonds is 6. The van der Waals surface area contributed by atoms with Crippen LogP contribution in [0.1, 0.15) is 18.9 Å². The third-order valence-electron chi connectivity index (χ3n) is 2.24. The Morgan fingerprint density at radius 3 is 2.80 bits per heavy atom. The summed E-state index contributed by atoms with van der Waals surface area (Å²) in [6.07, 6.45) is 0.335. The molecule has 0 radical (unpaired) electrons. The van der Waals surface area contributed by atoms with E-state index in [4.69, 9.17) is 4.74 Å². The van der Waals surface area contributed by atoms with E-state index in [9.17, 15) is 5.11 Å². The van der Waals surface area contributed by atoms with Crippen molar-refractivity contribution in [2.45, 2.75) is 26.0 Å². The van der Waals surface area contributed by atoms with Crippen LogP contribution < -0.4 is 10.1 Å². The van der Waals surface area contributed by atoms with Crippen LogP contribution in [0.3, 0.4) is 0 Å². The van der Waals surface area contributed by atoms with E-state index in [1.165, 1.54) is 0 Å². The van der Waals surface area contributed by atoms with Crippen LogP contribution in [0.2, 0.25) is 0 Å². The molecule has 0 aliphatic rings. The van der Waals surface area contributed by atoms with Crippen LogP contribution in [0.5, 0.6) is 5.75 Å². The second-order valence-electron chi connectivity index (χ2n) is 3.51. The number of ether oxygens (including phenoxy) is 1. The monoisotopic (exact) mass is 209 g/mol. The lowest BCUT2D eigenvalue weighted by molar-refractivity contribution is 0.104. The zero-order chi connectivity index (χ0) is 11.1. The molecule has 15 heavy (non-hydrogen) atoms. The van der Waals surface area contributed by atoms with Crippen molar-refractivity contribution in [3.8, 4) is 5.75 Å². The Hall–Kier alpha value is -1.06. The van der Waals surface area contributed by atoms with Crippen LogP contribution in [0.25, 0.3) is 0 Å².